The fraction of sp³-hybridized carbons (Fsp3) is 0.462. The molecular weight excluding hydrogens is 198 g/mol. The number of benzene rings is 1. The molecule has 0 saturated carbocycles. The molecule has 86 valence electrons. The molecule has 3 N–H and O–H groups in total. The quantitative estimate of drug-likeness (QED) is 0.762. The van der Waals surface area contributed by atoms with Gasteiger partial charge < -0.3 is 11.1 Å². The second-order valence-corrected chi connectivity index (χ2v) is 4.55. The summed E-state index contributed by atoms with van der Waals surface area (Å²) in [6.45, 7) is 6.50. The molecule has 1 rings (SSSR count). The van der Waals surface area contributed by atoms with Crippen LogP contribution in [0.3, 0.4) is 0 Å². The van der Waals surface area contributed by atoms with Crippen LogP contribution in [-0.4, -0.2) is 6.04 Å². The lowest BCUT2D eigenvalue weighted by Gasteiger charge is -2.18. The van der Waals surface area contributed by atoms with Crippen LogP contribution in [0.2, 0.25) is 0 Å². The van der Waals surface area contributed by atoms with E-state index < -0.39 is 0 Å². The van der Waals surface area contributed by atoms with Gasteiger partial charge in [0.25, 0.3) is 0 Å². The van der Waals surface area contributed by atoms with Crippen LogP contribution in [0.25, 0.3) is 0 Å². The van der Waals surface area contributed by atoms with Gasteiger partial charge in [0.1, 0.15) is 6.07 Å². The van der Waals surface area contributed by atoms with Gasteiger partial charge in [0.15, 0.2) is 0 Å². The molecule has 0 aliphatic carbocycles. The van der Waals surface area contributed by atoms with Gasteiger partial charge in [-0.2, -0.15) is 5.26 Å². The SMILES string of the molecule is CC(C)CC(C)Nc1cccc(C#N)c1N. The van der Waals surface area contributed by atoms with Crippen LogP contribution >= 0.6 is 0 Å². The van der Waals surface area contributed by atoms with Gasteiger partial charge in [0.05, 0.1) is 16.9 Å². The van der Waals surface area contributed by atoms with Crippen LogP contribution in [0.15, 0.2) is 18.2 Å². The standard InChI is InChI=1S/C13H19N3/c1-9(2)7-10(3)16-12-6-4-5-11(8-14)13(12)15/h4-6,9-10,16H,7,15H2,1-3H3. The third-order valence-corrected chi connectivity index (χ3v) is 2.45. The van der Waals surface area contributed by atoms with Crippen molar-refractivity contribution in [1.29, 1.82) is 5.26 Å². The monoisotopic (exact) mass is 217 g/mol. The van der Waals surface area contributed by atoms with E-state index in [1.165, 1.54) is 0 Å². The van der Waals surface area contributed by atoms with Gasteiger partial charge >= 0.3 is 0 Å². The lowest BCUT2D eigenvalue weighted by Crippen LogP contribution is -2.18. The number of nitrogens with zero attached hydrogens (tertiary/aromatic N) is 1. The van der Waals surface area contributed by atoms with Crippen LogP contribution < -0.4 is 11.1 Å². The van der Waals surface area contributed by atoms with Gasteiger partial charge in [0.2, 0.25) is 0 Å². The minimum absolute atomic E-state index is 0.358. The Labute approximate surface area is 97.3 Å². The highest BCUT2D eigenvalue weighted by atomic mass is 14.9. The molecule has 1 aromatic rings. The summed E-state index contributed by atoms with van der Waals surface area (Å²) in [6.07, 6.45) is 1.08. The summed E-state index contributed by atoms with van der Waals surface area (Å²) in [6, 6.07) is 7.93. The van der Waals surface area contributed by atoms with E-state index in [1.54, 1.807) is 6.07 Å². The molecule has 0 bridgehead atoms. The Morgan fingerprint density at radius 3 is 2.62 bits per heavy atom. The number of nitrogen functional groups attached to an aromatic ring is 1. The van der Waals surface area contributed by atoms with E-state index in [2.05, 4.69) is 32.2 Å². The van der Waals surface area contributed by atoms with Crippen molar-refractivity contribution in [3.05, 3.63) is 23.8 Å². The number of rotatable bonds is 4. The zero-order valence-corrected chi connectivity index (χ0v) is 10.1. The molecule has 3 heteroatoms. The predicted octanol–water partition coefficient (Wildman–Crippen LogP) is 2.99. The largest absolute Gasteiger partial charge is 0.396 e. The van der Waals surface area contributed by atoms with Crippen molar-refractivity contribution in [2.75, 3.05) is 11.1 Å². The highest BCUT2D eigenvalue weighted by Gasteiger charge is 2.08. The first-order valence-electron chi connectivity index (χ1n) is 5.59. The van der Waals surface area contributed by atoms with Gasteiger partial charge in [-0.25, -0.2) is 0 Å². The number of para-hydroxylation sites is 1. The summed E-state index contributed by atoms with van der Waals surface area (Å²) in [5.41, 5.74) is 7.81. The van der Waals surface area contributed by atoms with Crippen molar-refractivity contribution >= 4 is 11.4 Å². The molecule has 1 aromatic carbocycles. The summed E-state index contributed by atoms with van der Waals surface area (Å²) in [5.74, 6) is 0.642. The molecule has 1 unspecified atom stereocenters. The van der Waals surface area contributed by atoms with Crippen molar-refractivity contribution in [1.82, 2.24) is 0 Å². The van der Waals surface area contributed by atoms with Crippen molar-refractivity contribution in [3.8, 4) is 6.07 Å². The highest BCUT2D eigenvalue weighted by molar-refractivity contribution is 5.73. The zero-order valence-electron chi connectivity index (χ0n) is 10.1. The van der Waals surface area contributed by atoms with Gasteiger partial charge in [-0.15, -0.1) is 0 Å². The normalized spacial score (nSPS) is 12.2. The smallest absolute Gasteiger partial charge is 0.101 e. The Bertz CT molecular complexity index is 391. The number of hydrogen-bond acceptors (Lipinski definition) is 3. The molecule has 3 nitrogen and oxygen atoms in total. The summed E-state index contributed by atoms with van der Waals surface area (Å²) >= 11 is 0. The molecule has 0 saturated heterocycles. The van der Waals surface area contributed by atoms with Crippen molar-refractivity contribution in [2.45, 2.75) is 33.2 Å². The Morgan fingerprint density at radius 2 is 2.06 bits per heavy atom. The number of anilines is 2. The lowest BCUT2D eigenvalue weighted by atomic mass is 10.0. The molecule has 1 atom stereocenters. The van der Waals surface area contributed by atoms with E-state index in [1.807, 2.05) is 12.1 Å². The highest BCUT2D eigenvalue weighted by Crippen LogP contribution is 2.23. The molecule has 0 heterocycles. The Balaban J connectivity index is 2.78. The molecule has 16 heavy (non-hydrogen) atoms. The molecule has 0 aliphatic heterocycles. The van der Waals surface area contributed by atoms with Crippen LogP contribution in [0.1, 0.15) is 32.8 Å². The number of nitriles is 1. The van der Waals surface area contributed by atoms with E-state index in [4.69, 9.17) is 11.0 Å². The summed E-state index contributed by atoms with van der Waals surface area (Å²) in [5, 5.41) is 12.2. The van der Waals surface area contributed by atoms with Crippen molar-refractivity contribution in [2.24, 2.45) is 5.92 Å². The summed E-state index contributed by atoms with van der Waals surface area (Å²) < 4.78 is 0. The molecule has 0 aliphatic rings. The fourth-order valence-electron chi connectivity index (χ4n) is 1.82. The van der Waals surface area contributed by atoms with Crippen molar-refractivity contribution < 1.29 is 0 Å². The fourth-order valence-corrected chi connectivity index (χ4v) is 1.82. The average Bonchev–Trinajstić information content (AvgIpc) is 2.20. The first-order valence-corrected chi connectivity index (χ1v) is 5.59. The maximum Gasteiger partial charge on any atom is 0.101 e. The number of nitrogens with one attached hydrogen (secondary N) is 1. The first-order chi connectivity index (χ1) is 7.54. The van der Waals surface area contributed by atoms with E-state index in [-0.39, 0.29) is 0 Å². The van der Waals surface area contributed by atoms with E-state index in [0.717, 1.165) is 12.1 Å². The van der Waals surface area contributed by atoms with Gasteiger partial charge in [-0.05, 0) is 31.4 Å². The van der Waals surface area contributed by atoms with Crippen LogP contribution in [0, 0.1) is 17.2 Å². The topological polar surface area (TPSA) is 61.8 Å². The Kier molecular flexibility index (Phi) is 4.19. The minimum atomic E-state index is 0.358. The maximum atomic E-state index is 8.86. The molecule has 0 aromatic heterocycles. The first kappa shape index (κ1) is 12.4. The number of nitrogens with two attached hydrogens (primary N) is 1. The molecule has 0 amide bonds. The molecule has 0 spiro atoms. The summed E-state index contributed by atoms with van der Waals surface area (Å²) in [7, 11) is 0. The van der Waals surface area contributed by atoms with Crippen molar-refractivity contribution in [3.63, 3.8) is 0 Å². The predicted molar refractivity (Wildman–Crippen MR) is 68.1 cm³/mol. The van der Waals surface area contributed by atoms with Gasteiger partial charge in [-0.1, -0.05) is 19.9 Å². The third kappa shape index (κ3) is 3.16. The van der Waals surface area contributed by atoms with Crippen LogP contribution in [0.5, 0.6) is 0 Å². The Morgan fingerprint density at radius 1 is 1.38 bits per heavy atom. The second-order valence-electron chi connectivity index (χ2n) is 4.55. The van der Waals surface area contributed by atoms with Gasteiger partial charge in [-0.3, -0.25) is 0 Å². The van der Waals surface area contributed by atoms with Gasteiger partial charge in [0, 0.05) is 6.04 Å². The second kappa shape index (κ2) is 5.41. The van der Waals surface area contributed by atoms with E-state index in [0.29, 0.717) is 23.2 Å². The van der Waals surface area contributed by atoms with E-state index >= 15 is 0 Å². The maximum absolute atomic E-state index is 8.86. The van der Waals surface area contributed by atoms with Crippen LogP contribution in [-0.2, 0) is 0 Å². The lowest BCUT2D eigenvalue weighted by molar-refractivity contribution is 0.540. The molecule has 0 radical (unpaired) electrons. The van der Waals surface area contributed by atoms with E-state index in [9.17, 15) is 0 Å². The summed E-state index contributed by atoms with van der Waals surface area (Å²) in [4.78, 5) is 0. The minimum Gasteiger partial charge on any atom is -0.396 e. The molecule has 0 fully saturated rings. The molecular formula is C13H19N3. The third-order valence-electron chi connectivity index (χ3n) is 2.45. The zero-order chi connectivity index (χ0) is 12.1. The number of hydrogen-bond donors (Lipinski definition) is 2. The Hall–Kier alpha value is -1.69. The average molecular weight is 217 g/mol. The van der Waals surface area contributed by atoms with Crippen LogP contribution in [0.4, 0.5) is 11.4 Å².